The summed E-state index contributed by atoms with van der Waals surface area (Å²) in [5.41, 5.74) is 0.927. The van der Waals surface area contributed by atoms with Crippen molar-refractivity contribution in [3.05, 3.63) is 24.3 Å². The Hall–Kier alpha value is -0.960. The molecule has 1 aromatic carbocycles. The number of para-hydroxylation sites is 1. The highest BCUT2D eigenvalue weighted by atomic mass is 32.2. The van der Waals surface area contributed by atoms with Crippen LogP contribution in [0.25, 0.3) is 0 Å². The summed E-state index contributed by atoms with van der Waals surface area (Å²) >= 11 is 1.65. The van der Waals surface area contributed by atoms with E-state index in [1.807, 2.05) is 30.5 Å². The smallest absolute Gasteiger partial charge is 0.224 e. The molecule has 0 aliphatic carbocycles. The summed E-state index contributed by atoms with van der Waals surface area (Å²) in [6, 6.07) is 7.90. The Labute approximate surface area is 102 Å². The van der Waals surface area contributed by atoms with Gasteiger partial charge < -0.3 is 5.32 Å². The predicted molar refractivity (Wildman–Crippen MR) is 71.0 cm³/mol. The van der Waals surface area contributed by atoms with Crippen LogP contribution in [-0.2, 0) is 4.79 Å². The van der Waals surface area contributed by atoms with E-state index >= 15 is 0 Å². The molecule has 0 unspecified atom stereocenters. The third kappa shape index (κ3) is 4.27. The van der Waals surface area contributed by atoms with Crippen molar-refractivity contribution >= 4 is 23.4 Å². The number of anilines is 1. The number of benzene rings is 1. The van der Waals surface area contributed by atoms with Gasteiger partial charge in [-0.15, -0.1) is 11.8 Å². The molecule has 1 N–H and O–H groups in total. The Morgan fingerprint density at radius 3 is 2.75 bits per heavy atom. The van der Waals surface area contributed by atoms with Crippen molar-refractivity contribution in [1.29, 1.82) is 0 Å². The molecule has 2 nitrogen and oxygen atoms in total. The average molecular weight is 237 g/mol. The van der Waals surface area contributed by atoms with E-state index < -0.39 is 0 Å². The van der Waals surface area contributed by atoms with Gasteiger partial charge in [-0.05, 0) is 24.8 Å². The quantitative estimate of drug-likeness (QED) is 0.600. The minimum atomic E-state index is 0.120. The number of amides is 1. The molecule has 0 saturated heterocycles. The number of hydrogen-bond acceptors (Lipinski definition) is 2. The second-order valence-corrected chi connectivity index (χ2v) is 4.55. The maximum absolute atomic E-state index is 11.6. The third-order valence-corrected chi connectivity index (χ3v) is 3.18. The van der Waals surface area contributed by atoms with Crippen LogP contribution in [0.2, 0.25) is 0 Å². The minimum absolute atomic E-state index is 0.120. The number of unbranched alkanes of at least 4 members (excludes halogenated alkanes) is 2. The Bertz CT molecular complexity index is 338. The minimum Gasteiger partial charge on any atom is -0.325 e. The fraction of sp³-hybridized carbons (Fsp3) is 0.462. The lowest BCUT2D eigenvalue weighted by Gasteiger charge is -2.08. The van der Waals surface area contributed by atoms with Crippen molar-refractivity contribution in [3.8, 4) is 0 Å². The van der Waals surface area contributed by atoms with Crippen molar-refractivity contribution in [3.63, 3.8) is 0 Å². The zero-order valence-electron chi connectivity index (χ0n) is 9.95. The molecule has 1 amide bonds. The van der Waals surface area contributed by atoms with E-state index in [4.69, 9.17) is 0 Å². The third-order valence-electron chi connectivity index (χ3n) is 2.39. The van der Waals surface area contributed by atoms with Gasteiger partial charge in [-0.25, -0.2) is 0 Å². The number of thioether (sulfide) groups is 1. The Morgan fingerprint density at radius 1 is 1.31 bits per heavy atom. The molecule has 1 rings (SSSR count). The molecule has 16 heavy (non-hydrogen) atoms. The van der Waals surface area contributed by atoms with Crippen molar-refractivity contribution < 1.29 is 4.79 Å². The first kappa shape index (κ1) is 13.1. The molecule has 3 heteroatoms. The van der Waals surface area contributed by atoms with E-state index in [1.54, 1.807) is 11.8 Å². The van der Waals surface area contributed by atoms with Gasteiger partial charge in [0.2, 0.25) is 5.91 Å². The molecule has 0 radical (unpaired) electrons. The van der Waals surface area contributed by atoms with Gasteiger partial charge in [-0.2, -0.15) is 0 Å². The molecule has 0 heterocycles. The van der Waals surface area contributed by atoms with Gasteiger partial charge in [0.1, 0.15) is 0 Å². The second kappa shape index (κ2) is 7.34. The van der Waals surface area contributed by atoms with Crippen molar-refractivity contribution in [2.75, 3.05) is 11.6 Å². The summed E-state index contributed by atoms with van der Waals surface area (Å²) in [6.45, 7) is 2.14. The average Bonchev–Trinajstić information content (AvgIpc) is 2.30. The van der Waals surface area contributed by atoms with Crippen LogP contribution in [0.15, 0.2) is 29.2 Å². The summed E-state index contributed by atoms with van der Waals surface area (Å²) in [4.78, 5) is 12.8. The fourth-order valence-corrected chi connectivity index (χ4v) is 2.05. The van der Waals surface area contributed by atoms with Gasteiger partial charge in [0.15, 0.2) is 0 Å². The molecular weight excluding hydrogens is 218 g/mol. The van der Waals surface area contributed by atoms with E-state index in [0.29, 0.717) is 6.42 Å². The van der Waals surface area contributed by atoms with Crippen LogP contribution in [0.4, 0.5) is 5.69 Å². The highest BCUT2D eigenvalue weighted by Crippen LogP contribution is 2.24. The number of carbonyl (C=O) groups is 1. The Kier molecular flexibility index (Phi) is 6.01. The van der Waals surface area contributed by atoms with Crippen LogP contribution >= 0.6 is 11.8 Å². The zero-order valence-corrected chi connectivity index (χ0v) is 10.8. The first-order chi connectivity index (χ1) is 7.77. The van der Waals surface area contributed by atoms with E-state index in [2.05, 4.69) is 12.2 Å². The number of nitrogens with one attached hydrogen (secondary N) is 1. The molecule has 0 atom stereocenters. The van der Waals surface area contributed by atoms with E-state index in [-0.39, 0.29) is 5.91 Å². The maximum Gasteiger partial charge on any atom is 0.224 e. The van der Waals surface area contributed by atoms with Gasteiger partial charge >= 0.3 is 0 Å². The van der Waals surface area contributed by atoms with Gasteiger partial charge in [0.25, 0.3) is 0 Å². The summed E-state index contributed by atoms with van der Waals surface area (Å²) < 4.78 is 0. The molecule has 0 spiro atoms. The summed E-state index contributed by atoms with van der Waals surface area (Å²) in [5.74, 6) is 0.120. The van der Waals surface area contributed by atoms with Crippen LogP contribution in [0.1, 0.15) is 32.6 Å². The number of hydrogen-bond donors (Lipinski definition) is 1. The zero-order chi connectivity index (χ0) is 11.8. The Morgan fingerprint density at radius 2 is 2.06 bits per heavy atom. The molecule has 0 aliphatic heterocycles. The second-order valence-electron chi connectivity index (χ2n) is 3.71. The van der Waals surface area contributed by atoms with Crippen LogP contribution < -0.4 is 5.32 Å². The van der Waals surface area contributed by atoms with Crippen molar-refractivity contribution in [2.24, 2.45) is 0 Å². The molecule has 0 fully saturated rings. The van der Waals surface area contributed by atoms with Crippen LogP contribution in [0.5, 0.6) is 0 Å². The van der Waals surface area contributed by atoms with Gasteiger partial charge in [0.05, 0.1) is 5.69 Å². The molecule has 0 aliphatic rings. The van der Waals surface area contributed by atoms with Crippen molar-refractivity contribution in [1.82, 2.24) is 0 Å². The van der Waals surface area contributed by atoms with E-state index in [9.17, 15) is 4.79 Å². The van der Waals surface area contributed by atoms with Crippen LogP contribution in [-0.4, -0.2) is 12.2 Å². The fourth-order valence-electron chi connectivity index (χ4n) is 1.50. The normalized spacial score (nSPS) is 10.1. The van der Waals surface area contributed by atoms with Crippen molar-refractivity contribution in [2.45, 2.75) is 37.5 Å². The summed E-state index contributed by atoms with van der Waals surface area (Å²) in [5, 5.41) is 2.96. The highest BCUT2D eigenvalue weighted by Gasteiger charge is 2.04. The summed E-state index contributed by atoms with van der Waals surface area (Å²) in [6.07, 6.45) is 5.88. The number of rotatable bonds is 6. The van der Waals surface area contributed by atoms with E-state index in [0.717, 1.165) is 29.8 Å². The first-order valence-electron chi connectivity index (χ1n) is 5.70. The maximum atomic E-state index is 11.6. The lowest BCUT2D eigenvalue weighted by Crippen LogP contribution is -2.11. The standard InChI is InChI=1S/C13H19NOS/c1-3-4-5-10-13(15)14-11-8-6-7-9-12(11)16-2/h6-9H,3-5,10H2,1-2H3,(H,14,15). The molecular formula is C13H19NOS. The topological polar surface area (TPSA) is 29.1 Å². The molecule has 1 aromatic rings. The predicted octanol–water partition coefficient (Wildman–Crippen LogP) is 3.93. The van der Waals surface area contributed by atoms with Crippen LogP contribution in [0.3, 0.4) is 0 Å². The molecule has 0 bridgehead atoms. The van der Waals surface area contributed by atoms with E-state index in [1.165, 1.54) is 0 Å². The molecule has 0 aromatic heterocycles. The largest absolute Gasteiger partial charge is 0.325 e. The lowest BCUT2D eigenvalue weighted by atomic mass is 10.2. The Balaban J connectivity index is 2.49. The summed E-state index contributed by atoms with van der Waals surface area (Å²) in [7, 11) is 0. The number of carbonyl (C=O) groups excluding carboxylic acids is 1. The van der Waals surface area contributed by atoms with Crippen LogP contribution in [0, 0.1) is 0 Å². The molecule has 0 saturated carbocycles. The monoisotopic (exact) mass is 237 g/mol. The molecule has 88 valence electrons. The SMILES string of the molecule is CCCCCC(=O)Nc1ccccc1SC. The van der Waals surface area contributed by atoms with Gasteiger partial charge in [-0.3, -0.25) is 4.79 Å². The van der Waals surface area contributed by atoms with Gasteiger partial charge in [0, 0.05) is 11.3 Å². The van der Waals surface area contributed by atoms with Gasteiger partial charge in [-0.1, -0.05) is 31.9 Å². The lowest BCUT2D eigenvalue weighted by molar-refractivity contribution is -0.116. The first-order valence-corrected chi connectivity index (χ1v) is 6.93. The highest BCUT2D eigenvalue weighted by molar-refractivity contribution is 7.98.